The molecule has 0 radical (unpaired) electrons. The molecule has 0 bridgehead atoms. The highest BCUT2D eigenvalue weighted by atomic mass is 35.5. The van der Waals surface area contributed by atoms with Gasteiger partial charge in [-0.3, -0.25) is 4.79 Å². The first kappa shape index (κ1) is 13.3. The van der Waals surface area contributed by atoms with Crippen LogP contribution in [0, 0.1) is 18.7 Å². The number of alkyl halides is 1. The minimum Gasteiger partial charge on any atom is -0.338 e. The zero-order chi connectivity index (χ0) is 13.1. The number of likely N-dealkylation sites (tertiary alicyclic amines) is 1. The van der Waals surface area contributed by atoms with E-state index in [4.69, 9.17) is 11.6 Å². The fourth-order valence-corrected chi connectivity index (χ4v) is 2.61. The van der Waals surface area contributed by atoms with E-state index >= 15 is 0 Å². The fourth-order valence-electron chi connectivity index (χ4n) is 2.36. The maximum absolute atomic E-state index is 13.9. The summed E-state index contributed by atoms with van der Waals surface area (Å²) >= 11 is 5.84. The summed E-state index contributed by atoms with van der Waals surface area (Å²) in [5.41, 5.74) is 0.678. The second-order valence-electron chi connectivity index (χ2n) is 4.85. The molecule has 1 amide bonds. The van der Waals surface area contributed by atoms with Crippen LogP contribution < -0.4 is 0 Å². The molecule has 1 fully saturated rings. The van der Waals surface area contributed by atoms with E-state index in [2.05, 4.69) is 0 Å². The Hall–Kier alpha value is -1.09. The molecule has 1 unspecified atom stereocenters. The lowest BCUT2D eigenvalue weighted by molar-refractivity contribution is 0.0680. The van der Waals surface area contributed by atoms with Gasteiger partial charge in [-0.05, 0) is 37.3 Å². The van der Waals surface area contributed by atoms with Crippen LogP contribution in [-0.2, 0) is 0 Å². The van der Waals surface area contributed by atoms with Gasteiger partial charge in [-0.25, -0.2) is 4.39 Å². The molecule has 2 rings (SSSR count). The van der Waals surface area contributed by atoms with Crippen LogP contribution >= 0.6 is 11.6 Å². The van der Waals surface area contributed by atoms with Crippen LogP contribution in [0.15, 0.2) is 18.2 Å². The monoisotopic (exact) mass is 269 g/mol. The van der Waals surface area contributed by atoms with Crippen LogP contribution in [-0.4, -0.2) is 29.8 Å². The molecule has 1 aliphatic heterocycles. The highest BCUT2D eigenvalue weighted by molar-refractivity contribution is 6.18. The molecule has 4 heteroatoms. The minimum absolute atomic E-state index is 0.172. The van der Waals surface area contributed by atoms with Crippen molar-refractivity contribution in [2.45, 2.75) is 19.8 Å². The summed E-state index contributed by atoms with van der Waals surface area (Å²) < 4.78 is 13.9. The van der Waals surface area contributed by atoms with Crippen molar-refractivity contribution >= 4 is 17.5 Å². The first-order valence-corrected chi connectivity index (χ1v) is 6.77. The maximum atomic E-state index is 13.9. The predicted octanol–water partition coefficient (Wildman–Crippen LogP) is 3.23. The zero-order valence-corrected chi connectivity index (χ0v) is 11.2. The Labute approximate surface area is 112 Å². The average molecular weight is 270 g/mol. The zero-order valence-electron chi connectivity index (χ0n) is 10.5. The van der Waals surface area contributed by atoms with Crippen molar-refractivity contribution in [1.29, 1.82) is 0 Å². The third-order valence-electron chi connectivity index (χ3n) is 3.45. The third kappa shape index (κ3) is 2.66. The Kier molecular flexibility index (Phi) is 4.23. The van der Waals surface area contributed by atoms with Crippen molar-refractivity contribution in [3.8, 4) is 0 Å². The lowest BCUT2D eigenvalue weighted by Crippen LogP contribution is -2.40. The second kappa shape index (κ2) is 5.70. The Balaban J connectivity index is 2.18. The van der Waals surface area contributed by atoms with Crippen molar-refractivity contribution < 1.29 is 9.18 Å². The number of carbonyl (C=O) groups is 1. The number of hydrogen-bond donors (Lipinski definition) is 0. The summed E-state index contributed by atoms with van der Waals surface area (Å²) in [7, 11) is 0. The molecule has 1 aromatic rings. The minimum atomic E-state index is -0.407. The number of nitrogens with zero attached hydrogens (tertiary/aromatic N) is 1. The van der Waals surface area contributed by atoms with Gasteiger partial charge < -0.3 is 4.90 Å². The van der Waals surface area contributed by atoms with E-state index in [1.807, 2.05) is 0 Å². The van der Waals surface area contributed by atoms with E-state index in [0.717, 1.165) is 12.8 Å². The summed E-state index contributed by atoms with van der Waals surface area (Å²) in [6.45, 7) is 3.00. The highest BCUT2D eigenvalue weighted by Crippen LogP contribution is 2.21. The molecule has 0 N–H and O–H groups in total. The van der Waals surface area contributed by atoms with Crippen LogP contribution in [0.1, 0.15) is 28.8 Å². The lowest BCUT2D eigenvalue weighted by atomic mass is 9.99. The average Bonchev–Trinajstić information content (AvgIpc) is 2.41. The van der Waals surface area contributed by atoms with E-state index in [-0.39, 0.29) is 11.5 Å². The number of piperidine rings is 1. The summed E-state index contributed by atoms with van der Waals surface area (Å²) in [6.07, 6.45) is 1.99. The summed E-state index contributed by atoms with van der Waals surface area (Å²) in [6, 6.07) is 4.94. The number of aryl methyl sites for hydroxylation is 1. The Morgan fingerprint density at radius 2 is 2.33 bits per heavy atom. The quantitative estimate of drug-likeness (QED) is 0.755. The largest absolute Gasteiger partial charge is 0.338 e. The number of hydrogen-bond acceptors (Lipinski definition) is 1. The molecule has 0 saturated carbocycles. The van der Waals surface area contributed by atoms with Gasteiger partial charge >= 0.3 is 0 Å². The first-order chi connectivity index (χ1) is 8.63. The first-order valence-electron chi connectivity index (χ1n) is 6.24. The van der Waals surface area contributed by atoms with E-state index in [1.54, 1.807) is 30.0 Å². The normalized spacial score (nSPS) is 19.9. The predicted molar refractivity (Wildman–Crippen MR) is 70.5 cm³/mol. The number of carbonyl (C=O) groups excluding carboxylic acids is 1. The van der Waals surface area contributed by atoms with Crippen molar-refractivity contribution in [3.05, 3.63) is 35.1 Å². The molecule has 1 atom stereocenters. The summed E-state index contributed by atoms with van der Waals surface area (Å²) in [4.78, 5) is 14.0. The molecular formula is C14H17ClFNO. The van der Waals surface area contributed by atoms with Crippen LogP contribution in [0.25, 0.3) is 0 Å². The van der Waals surface area contributed by atoms with Crippen LogP contribution in [0.3, 0.4) is 0 Å². The van der Waals surface area contributed by atoms with Gasteiger partial charge in [-0.15, -0.1) is 11.6 Å². The molecule has 1 heterocycles. The van der Waals surface area contributed by atoms with Gasteiger partial charge in [0.25, 0.3) is 5.91 Å². The lowest BCUT2D eigenvalue weighted by Gasteiger charge is -2.32. The molecule has 0 spiro atoms. The van der Waals surface area contributed by atoms with Gasteiger partial charge in [0.15, 0.2) is 0 Å². The fraction of sp³-hybridized carbons (Fsp3) is 0.500. The SMILES string of the molecule is Cc1cccc(C(=O)N2CCCC(CCl)C2)c1F. The van der Waals surface area contributed by atoms with Gasteiger partial charge in [0, 0.05) is 19.0 Å². The molecule has 0 aliphatic carbocycles. The Morgan fingerprint density at radius 3 is 3.06 bits per heavy atom. The van der Waals surface area contributed by atoms with Gasteiger partial charge in [0.1, 0.15) is 5.82 Å². The smallest absolute Gasteiger partial charge is 0.256 e. The highest BCUT2D eigenvalue weighted by Gasteiger charge is 2.25. The van der Waals surface area contributed by atoms with Gasteiger partial charge in [0.05, 0.1) is 5.56 Å². The van der Waals surface area contributed by atoms with Crippen LogP contribution in [0.2, 0.25) is 0 Å². The third-order valence-corrected chi connectivity index (χ3v) is 3.88. The molecule has 1 saturated heterocycles. The summed E-state index contributed by atoms with van der Waals surface area (Å²) in [5, 5.41) is 0. The van der Waals surface area contributed by atoms with Gasteiger partial charge in [0.2, 0.25) is 0 Å². The molecule has 98 valence electrons. The van der Waals surface area contributed by atoms with Crippen LogP contribution in [0.5, 0.6) is 0 Å². The van der Waals surface area contributed by atoms with E-state index < -0.39 is 5.82 Å². The standard InChI is InChI=1S/C14H17ClFNO/c1-10-4-2-6-12(13(10)16)14(18)17-7-3-5-11(8-15)9-17/h2,4,6,11H,3,5,7-9H2,1H3. The molecular weight excluding hydrogens is 253 g/mol. The van der Waals surface area contributed by atoms with Crippen molar-refractivity contribution in [2.24, 2.45) is 5.92 Å². The van der Waals surface area contributed by atoms with E-state index in [1.165, 1.54) is 0 Å². The summed E-state index contributed by atoms with van der Waals surface area (Å²) in [5.74, 6) is 0.263. The van der Waals surface area contributed by atoms with E-state index in [9.17, 15) is 9.18 Å². The number of amides is 1. The number of halogens is 2. The molecule has 0 aromatic heterocycles. The second-order valence-corrected chi connectivity index (χ2v) is 5.16. The van der Waals surface area contributed by atoms with Crippen molar-refractivity contribution in [1.82, 2.24) is 4.90 Å². The van der Waals surface area contributed by atoms with E-state index in [0.29, 0.717) is 30.5 Å². The topological polar surface area (TPSA) is 20.3 Å². The molecule has 2 nitrogen and oxygen atoms in total. The Morgan fingerprint density at radius 1 is 1.56 bits per heavy atom. The Bertz CT molecular complexity index is 449. The van der Waals surface area contributed by atoms with Crippen LogP contribution in [0.4, 0.5) is 4.39 Å². The van der Waals surface area contributed by atoms with Gasteiger partial charge in [-0.2, -0.15) is 0 Å². The van der Waals surface area contributed by atoms with Crippen molar-refractivity contribution in [3.63, 3.8) is 0 Å². The number of benzene rings is 1. The molecule has 18 heavy (non-hydrogen) atoms. The molecule has 1 aromatic carbocycles. The van der Waals surface area contributed by atoms with Crippen molar-refractivity contribution in [2.75, 3.05) is 19.0 Å². The maximum Gasteiger partial charge on any atom is 0.256 e. The van der Waals surface area contributed by atoms with Gasteiger partial charge in [-0.1, -0.05) is 12.1 Å². The molecule has 1 aliphatic rings. The number of rotatable bonds is 2.